The van der Waals surface area contributed by atoms with Crippen LogP contribution in [0.4, 0.5) is 0 Å². The third kappa shape index (κ3) is 2.87. The molecule has 88 valence electrons. The van der Waals surface area contributed by atoms with Gasteiger partial charge in [0, 0.05) is 13.0 Å². The zero-order valence-corrected chi connectivity index (χ0v) is 9.63. The molecule has 0 aliphatic heterocycles. The van der Waals surface area contributed by atoms with Crippen molar-refractivity contribution in [3.63, 3.8) is 0 Å². The van der Waals surface area contributed by atoms with E-state index in [1.54, 1.807) is 13.2 Å². The van der Waals surface area contributed by atoms with E-state index in [1.807, 2.05) is 0 Å². The highest BCUT2D eigenvalue weighted by Crippen LogP contribution is 2.34. The number of Topliss-reactive ketones (excluding diaryl/α,β-unsaturated/α-hetero) is 1. The summed E-state index contributed by atoms with van der Waals surface area (Å²) in [6, 6.07) is 0. The van der Waals surface area contributed by atoms with E-state index in [0.29, 0.717) is 0 Å². The van der Waals surface area contributed by atoms with Crippen LogP contribution in [-0.4, -0.2) is 30.0 Å². The van der Waals surface area contributed by atoms with Crippen LogP contribution in [0.3, 0.4) is 0 Å². The molecule has 0 saturated heterocycles. The highest BCUT2D eigenvalue weighted by Gasteiger charge is 2.35. The highest BCUT2D eigenvalue weighted by atomic mass is 16.5. The predicted octanol–water partition coefficient (Wildman–Crippen LogP) is 1.86. The first kappa shape index (κ1) is 12.8. The molecule has 1 aliphatic rings. The maximum atomic E-state index is 11.7. The van der Waals surface area contributed by atoms with Crippen molar-refractivity contribution in [2.75, 3.05) is 7.11 Å². The van der Waals surface area contributed by atoms with E-state index < -0.39 is 0 Å². The third-order valence-corrected chi connectivity index (χ3v) is 3.30. The van der Waals surface area contributed by atoms with Crippen molar-refractivity contribution in [2.45, 2.75) is 31.8 Å². The van der Waals surface area contributed by atoms with Gasteiger partial charge in [0.2, 0.25) is 5.78 Å². The van der Waals surface area contributed by atoms with Gasteiger partial charge >= 0.3 is 6.21 Å². The molecular weight excluding hydrogens is 204 g/mol. The van der Waals surface area contributed by atoms with Crippen molar-refractivity contribution in [2.24, 2.45) is 11.8 Å². The molecule has 0 spiro atoms. The van der Waals surface area contributed by atoms with Crippen molar-refractivity contribution in [3.05, 3.63) is 18.2 Å². The van der Waals surface area contributed by atoms with Gasteiger partial charge in [-0.2, -0.15) is 4.79 Å². The van der Waals surface area contributed by atoms with Gasteiger partial charge < -0.3 is 10.3 Å². The first-order chi connectivity index (χ1) is 7.74. The van der Waals surface area contributed by atoms with Crippen LogP contribution < -0.4 is 0 Å². The van der Waals surface area contributed by atoms with Crippen LogP contribution in [0.2, 0.25) is 0 Å². The van der Waals surface area contributed by atoms with E-state index in [-0.39, 0.29) is 23.7 Å². The Bertz CT molecular complexity index is 308. The van der Waals surface area contributed by atoms with E-state index in [9.17, 15) is 4.79 Å². The fourth-order valence-corrected chi connectivity index (χ4v) is 2.50. The lowest BCUT2D eigenvalue weighted by atomic mass is 9.74. The molecule has 3 atom stereocenters. The molecule has 0 aromatic rings. The lowest BCUT2D eigenvalue weighted by molar-refractivity contribution is -0.124. The summed E-state index contributed by atoms with van der Waals surface area (Å²) in [6.45, 7) is 3.73. The Hall–Kier alpha value is -1.25. The summed E-state index contributed by atoms with van der Waals surface area (Å²) >= 11 is 0. The summed E-state index contributed by atoms with van der Waals surface area (Å²) in [5.41, 5.74) is 8.40. The van der Waals surface area contributed by atoms with E-state index in [2.05, 4.69) is 11.4 Å². The molecule has 0 aromatic carbocycles. The summed E-state index contributed by atoms with van der Waals surface area (Å²) < 4.78 is 5.32. The molecule has 0 radical (unpaired) electrons. The van der Waals surface area contributed by atoms with E-state index in [0.717, 1.165) is 31.9 Å². The maximum Gasteiger partial charge on any atom is 0.323 e. The fraction of sp³-hybridized carbons (Fsp3) is 0.667. The topological polar surface area (TPSA) is 62.7 Å². The third-order valence-electron chi connectivity index (χ3n) is 3.30. The van der Waals surface area contributed by atoms with Gasteiger partial charge in [-0.3, -0.25) is 4.79 Å². The molecular formula is C12H18N2O2. The SMILES string of the molecule is C=C[C@@H](OC)[C@@H]1CCCC[C@H]1C(=O)C=[N+]=[N-]. The molecule has 1 aliphatic carbocycles. The van der Waals surface area contributed by atoms with Gasteiger partial charge in [-0.25, -0.2) is 0 Å². The summed E-state index contributed by atoms with van der Waals surface area (Å²) in [6.07, 6.45) is 6.59. The number of rotatable bonds is 5. The van der Waals surface area contributed by atoms with Crippen molar-refractivity contribution in [3.8, 4) is 0 Å². The molecule has 1 fully saturated rings. The molecule has 4 heteroatoms. The molecule has 0 N–H and O–H groups in total. The predicted molar refractivity (Wildman–Crippen MR) is 61.1 cm³/mol. The van der Waals surface area contributed by atoms with Crippen LogP contribution in [0.15, 0.2) is 12.7 Å². The van der Waals surface area contributed by atoms with Crippen LogP contribution in [0, 0.1) is 11.8 Å². The number of ketones is 1. The van der Waals surface area contributed by atoms with Gasteiger partial charge in [0.15, 0.2) is 0 Å². The minimum atomic E-state index is -0.115. The van der Waals surface area contributed by atoms with Crippen LogP contribution in [0.1, 0.15) is 25.7 Å². The molecule has 0 aromatic heterocycles. The van der Waals surface area contributed by atoms with Crippen LogP contribution in [0.5, 0.6) is 0 Å². The largest absolute Gasteiger partial charge is 0.377 e. The fourth-order valence-electron chi connectivity index (χ4n) is 2.50. The summed E-state index contributed by atoms with van der Waals surface area (Å²) in [7, 11) is 1.63. The average Bonchev–Trinajstić information content (AvgIpc) is 2.31. The van der Waals surface area contributed by atoms with Crippen molar-refractivity contribution < 1.29 is 14.3 Å². The number of carbonyl (C=O) groups is 1. The Morgan fingerprint density at radius 1 is 1.56 bits per heavy atom. The first-order valence-electron chi connectivity index (χ1n) is 5.61. The van der Waals surface area contributed by atoms with Gasteiger partial charge in [-0.1, -0.05) is 18.9 Å². The number of carbonyl (C=O) groups excluding carboxylic acids is 1. The molecule has 16 heavy (non-hydrogen) atoms. The molecule has 4 nitrogen and oxygen atoms in total. The highest BCUT2D eigenvalue weighted by molar-refractivity contribution is 6.26. The van der Waals surface area contributed by atoms with Gasteiger partial charge in [-0.15, -0.1) is 6.58 Å². The number of nitrogens with zero attached hydrogens (tertiary/aromatic N) is 2. The van der Waals surface area contributed by atoms with Crippen LogP contribution >= 0.6 is 0 Å². The Kier molecular flexibility index (Phi) is 5.09. The normalized spacial score (nSPS) is 26.6. The smallest absolute Gasteiger partial charge is 0.323 e. The maximum absolute atomic E-state index is 11.7. The Morgan fingerprint density at radius 3 is 2.81 bits per heavy atom. The van der Waals surface area contributed by atoms with E-state index in [1.165, 1.54) is 0 Å². The van der Waals surface area contributed by atoms with Crippen LogP contribution in [0.25, 0.3) is 5.53 Å². The summed E-state index contributed by atoms with van der Waals surface area (Å²) in [5.74, 6) is -0.0644. The average molecular weight is 222 g/mol. The van der Waals surface area contributed by atoms with Gasteiger partial charge in [-0.05, 0) is 18.8 Å². The molecule has 0 unspecified atom stereocenters. The van der Waals surface area contributed by atoms with Crippen molar-refractivity contribution >= 4 is 12.0 Å². The molecule has 0 amide bonds. The Morgan fingerprint density at radius 2 is 2.25 bits per heavy atom. The number of ether oxygens (including phenoxy) is 1. The second-order valence-corrected chi connectivity index (χ2v) is 4.14. The van der Waals surface area contributed by atoms with Crippen molar-refractivity contribution in [1.82, 2.24) is 0 Å². The van der Waals surface area contributed by atoms with Gasteiger partial charge in [0.1, 0.15) is 0 Å². The molecule has 0 heterocycles. The lowest BCUT2D eigenvalue weighted by Gasteiger charge is -2.32. The first-order valence-corrected chi connectivity index (χ1v) is 5.61. The minimum Gasteiger partial charge on any atom is -0.377 e. The number of hydrogen-bond acceptors (Lipinski definition) is 2. The van der Waals surface area contributed by atoms with Gasteiger partial charge in [0.25, 0.3) is 0 Å². The van der Waals surface area contributed by atoms with E-state index >= 15 is 0 Å². The zero-order valence-electron chi connectivity index (χ0n) is 9.63. The Labute approximate surface area is 95.9 Å². The Balaban J connectivity index is 2.81. The summed E-state index contributed by atoms with van der Waals surface area (Å²) in [5, 5.41) is 0. The summed E-state index contributed by atoms with van der Waals surface area (Å²) in [4.78, 5) is 14.6. The zero-order chi connectivity index (χ0) is 12.0. The number of methoxy groups -OCH3 is 1. The molecule has 1 rings (SSSR count). The lowest BCUT2D eigenvalue weighted by Crippen LogP contribution is -2.36. The second kappa shape index (κ2) is 6.36. The van der Waals surface area contributed by atoms with Crippen molar-refractivity contribution in [1.29, 1.82) is 0 Å². The van der Waals surface area contributed by atoms with Crippen LogP contribution in [-0.2, 0) is 9.53 Å². The standard InChI is InChI=1S/C12H18N2O2/c1-3-12(16-2)10-7-5-4-6-9(10)11(15)8-14-13/h3,8-10,12H,1,4-7H2,2H3/t9-,10-,12-/m1/s1. The second-order valence-electron chi connectivity index (χ2n) is 4.14. The number of hydrogen-bond donors (Lipinski definition) is 0. The molecule has 0 bridgehead atoms. The monoisotopic (exact) mass is 222 g/mol. The minimum absolute atomic E-state index is 0.0960. The quantitative estimate of drug-likeness (QED) is 0.308. The van der Waals surface area contributed by atoms with Gasteiger partial charge in [0.05, 0.1) is 6.10 Å². The van der Waals surface area contributed by atoms with E-state index in [4.69, 9.17) is 10.3 Å². The molecule has 1 saturated carbocycles.